The maximum atomic E-state index is 5.71. The molecular weight excluding hydrogens is 192 g/mol. The molecule has 0 saturated heterocycles. The first-order valence-electron chi connectivity index (χ1n) is 3.43. The van der Waals surface area contributed by atoms with Crippen LogP contribution in [0.1, 0.15) is 5.56 Å². The minimum atomic E-state index is 0.393. The minimum Gasteiger partial charge on any atom is -0.282 e. The second-order valence-electron chi connectivity index (χ2n) is 2.32. The Hall–Kier alpha value is -0.670. The molecule has 0 atom stereocenters. The van der Waals surface area contributed by atoms with E-state index in [0.717, 1.165) is 16.3 Å². The molecule has 12 heavy (non-hydrogen) atoms. The van der Waals surface area contributed by atoms with Crippen molar-refractivity contribution >= 4 is 28.5 Å². The average Bonchev–Trinajstić information content (AvgIpc) is 2.03. The van der Waals surface area contributed by atoms with E-state index in [1.165, 1.54) is 11.8 Å². The van der Waals surface area contributed by atoms with E-state index < -0.39 is 0 Å². The van der Waals surface area contributed by atoms with Crippen molar-refractivity contribution < 1.29 is 5.41 Å². The van der Waals surface area contributed by atoms with Crippen LogP contribution in [-0.2, 0) is 5.75 Å². The summed E-state index contributed by atoms with van der Waals surface area (Å²) in [5.41, 5.74) is 6.47. The van der Waals surface area contributed by atoms with Crippen molar-refractivity contribution in [3.63, 3.8) is 0 Å². The van der Waals surface area contributed by atoms with E-state index in [4.69, 9.17) is 22.7 Å². The number of thioether (sulfide) groups is 1. The Bertz CT molecular complexity index is 271. The lowest BCUT2D eigenvalue weighted by Gasteiger charge is -1.96. The molecule has 0 heterocycles. The first kappa shape index (κ1) is 9.42. The molecule has 4 N–H and O–H groups in total. The molecule has 0 bridgehead atoms. The monoisotopic (exact) mass is 201 g/mol. The first-order valence-corrected chi connectivity index (χ1v) is 4.80. The van der Waals surface area contributed by atoms with Gasteiger partial charge in [0.15, 0.2) is 0 Å². The smallest absolute Gasteiger partial charge is 0.282 e. The highest BCUT2D eigenvalue weighted by Gasteiger charge is 1.98. The predicted molar refractivity (Wildman–Crippen MR) is 53.9 cm³/mol. The number of hydrogen-bond acceptors (Lipinski definition) is 1. The van der Waals surface area contributed by atoms with Crippen LogP contribution in [0.2, 0.25) is 5.02 Å². The third-order valence-corrected chi connectivity index (χ3v) is 2.38. The van der Waals surface area contributed by atoms with Gasteiger partial charge in [-0.2, -0.15) is 0 Å². The Morgan fingerprint density at radius 3 is 2.50 bits per heavy atom. The molecule has 1 rings (SSSR count). The van der Waals surface area contributed by atoms with Gasteiger partial charge in [-0.3, -0.25) is 11.1 Å². The maximum absolute atomic E-state index is 5.71. The summed E-state index contributed by atoms with van der Waals surface area (Å²) in [6, 6.07) is 7.62. The summed E-state index contributed by atoms with van der Waals surface area (Å²) in [5.74, 6) is 0.791. The molecule has 0 aliphatic rings. The lowest BCUT2D eigenvalue weighted by atomic mass is 10.2. The van der Waals surface area contributed by atoms with Crippen LogP contribution in [0.25, 0.3) is 0 Å². The van der Waals surface area contributed by atoms with E-state index in [-0.39, 0.29) is 0 Å². The minimum absolute atomic E-state index is 0.393. The van der Waals surface area contributed by atoms with E-state index >= 15 is 0 Å². The van der Waals surface area contributed by atoms with Crippen molar-refractivity contribution in [1.29, 1.82) is 0 Å². The fourth-order valence-electron chi connectivity index (χ4n) is 0.747. The van der Waals surface area contributed by atoms with Crippen LogP contribution in [0.15, 0.2) is 24.3 Å². The maximum Gasteiger partial charge on any atom is 0.300 e. The Labute approximate surface area is 80.6 Å². The van der Waals surface area contributed by atoms with E-state index in [2.05, 4.69) is 0 Å². The summed E-state index contributed by atoms with van der Waals surface area (Å²) in [4.78, 5) is 0. The molecule has 4 heteroatoms. The van der Waals surface area contributed by atoms with E-state index in [1.807, 2.05) is 24.3 Å². The standard InChI is InChI=1S/C8H9ClN2S/c9-7-3-1-6(2-4-7)5-12-8(10)11/h1-4H,5H2,(H3,10,11)/p+1. The summed E-state index contributed by atoms with van der Waals surface area (Å²) in [6.07, 6.45) is 0. The Morgan fingerprint density at radius 2 is 2.00 bits per heavy atom. The van der Waals surface area contributed by atoms with Gasteiger partial charge >= 0.3 is 0 Å². The fraction of sp³-hybridized carbons (Fsp3) is 0.125. The number of hydrogen-bond donors (Lipinski definition) is 2. The number of nitrogens with two attached hydrogens (primary N) is 2. The molecular formula is C8H10ClN2S+. The molecule has 2 nitrogen and oxygen atoms in total. The topological polar surface area (TPSA) is 51.6 Å². The zero-order chi connectivity index (χ0) is 8.97. The summed E-state index contributed by atoms with van der Waals surface area (Å²) >= 11 is 7.13. The van der Waals surface area contributed by atoms with Crippen molar-refractivity contribution in [3.05, 3.63) is 34.9 Å². The molecule has 0 aliphatic carbocycles. The van der Waals surface area contributed by atoms with Crippen molar-refractivity contribution in [2.75, 3.05) is 0 Å². The average molecular weight is 202 g/mol. The molecule has 0 unspecified atom stereocenters. The van der Waals surface area contributed by atoms with E-state index in [1.54, 1.807) is 0 Å². The van der Waals surface area contributed by atoms with Gasteiger partial charge in [0, 0.05) is 10.8 Å². The summed E-state index contributed by atoms with van der Waals surface area (Å²) in [5, 5.41) is 6.44. The lowest BCUT2D eigenvalue weighted by molar-refractivity contribution is -0.110. The lowest BCUT2D eigenvalue weighted by Crippen LogP contribution is -2.43. The molecule has 0 saturated carbocycles. The second kappa shape index (κ2) is 4.38. The number of benzene rings is 1. The zero-order valence-corrected chi connectivity index (χ0v) is 8.03. The number of halogens is 1. The Balaban J connectivity index is 2.53. The van der Waals surface area contributed by atoms with Crippen LogP contribution in [0.4, 0.5) is 0 Å². The molecule has 0 aromatic heterocycles. The largest absolute Gasteiger partial charge is 0.300 e. The quantitative estimate of drug-likeness (QED) is 0.545. The predicted octanol–water partition coefficient (Wildman–Crippen LogP) is 0.647. The molecule has 0 aliphatic heterocycles. The Kier molecular flexibility index (Phi) is 3.44. The van der Waals surface area contributed by atoms with Gasteiger partial charge in [0.05, 0.1) is 0 Å². The molecule has 0 radical (unpaired) electrons. The van der Waals surface area contributed by atoms with Crippen LogP contribution in [0, 0.1) is 0 Å². The van der Waals surface area contributed by atoms with E-state index in [0.29, 0.717) is 5.17 Å². The van der Waals surface area contributed by atoms with E-state index in [9.17, 15) is 0 Å². The van der Waals surface area contributed by atoms with Gasteiger partial charge in [-0.25, -0.2) is 0 Å². The number of amidine groups is 1. The number of rotatable bonds is 2. The molecule has 1 aromatic rings. The fourth-order valence-corrected chi connectivity index (χ4v) is 1.40. The highest BCUT2D eigenvalue weighted by Crippen LogP contribution is 2.14. The van der Waals surface area contributed by atoms with Crippen molar-refractivity contribution in [2.45, 2.75) is 5.75 Å². The molecule has 0 fully saturated rings. The van der Waals surface area contributed by atoms with Crippen LogP contribution >= 0.6 is 23.4 Å². The van der Waals surface area contributed by atoms with Gasteiger partial charge < -0.3 is 0 Å². The van der Waals surface area contributed by atoms with Crippen molar-refractivity contribution in [1.82, 2.24) is 0 Å². The molecule has 0 spiro atoms. The van der Waals surface area contributed by atoms with Gasteiger partial charge in [-0.1, -0.05) is 23.7 Å². The molecule has 0 amide bonds. The van der Waals surface area contributed by atoms with Crippen molar-refractivity contribution in [3.8, 4) is 0 Å². The Morgan fingerprint density at radius 1 is 1.42 bits per heavy atom. The van der Waals surface area contributed by atoms with Gasteiger partial charge in [0.2, 0.25) is 0 Å². The van der Waals surface area contributed by atoms with Gasteiger partial charge in [-0.15, -0.1) is 0 Å². The van der Waals surface area contributed by atoms with Crippen LogP contribution in [0.5, 0.6) is 0 Å². The third-order valence-electron chi connectivity index (χ3n) is 1.32. The molecule has 1 aromatic carbocycles. The van der Waals surface area contributed by atoms with Gasteiger partial charge in [0.25, 0.3) is 5.17 Å². The first-order chi connectivity index (χ1) is 5.68. The van der Waals surface area contributed by atoms with Crippen LogP contribution in [0.3, 0.4) is 0 Å². The van der Waals surface area contributed by atoms with Gasteiger partial charge in [-0.05, 0) is 29.5 Å². The van der Waals surface area contributed by atoms with Crippen LogP contribution in [-0.4, -0.2) is 5.17 Å². The summed E-state index contributed by atoms with van der Waals surface area (Å²) in [6.45, 7) is 0. The zero-order valence-electron chi connectivity index (χ0n) is 6.46. The highest BCUT2D eigenvalue weighted by atomic mass is 35.5. The normalized spacial score (nSPS) is 9.75. The summed E-state index contributed by atoms with van der Waals surface area (Å²) < 4.78 is 0. The summed E-state index contributed by atoms with van der Waals surface area (Å²) in [7, 11) is 0. The molecule has 64 valence electrons. The SMILES string of the molecule is NC(=[NH2+])SCc1ccc(Cl)cc1. The third kappa shape index (κ3) is 3.15. The van der Waals surface area contributed by atoms with Crippen molar-refractivity contribution in [2.24, 2.45) is 5.73 Å². The van der Waals surface area contributed by atoms with Crippen LogP contribution < -0.4 is 11.1 Å². The highest BCUT2D eigenvalue weighted by molar-refractivity contribution is 8.12. The van der Waals surface area contributed by atoms with Gasteiger partial charge in [0.1, 0.15) is 0 Å². The second-order valence-corrected chi connectivity index (χ2v) is 3.80.